The minimum Gasteiger partial charge on any atom is -0.241 e. The van der Waals surface area contributed by atoms with Crippen molar-refractivity contribution >= 4 is 21.6 Å². The lowest BCUT2D eigenvalue weighted by atomic mass is 9.98. The number of benzene rings is 2. The Morgan fingerprint density at radius 2 is 1.68 bits per heavy atom. The molecule has 3 rings (SSSR count). The van der Waals surface area contributed by atoms with Crippen molar-refractivity contribution < 1.29 is 0 Å². The monoisotopic (exact) mass is 267 g/mol. The molecule has 0 radical (unpaired) electrons. The van der Waals surface area contributed by atoms with E-state index in [0.29, 0.717) is 5.92 Å². The van der Waals surface area contributed by atoms with Crippen molar-refractivity contribution in [1.29, 1.82) is 0 Å². The molecule has 0 amide bonds. The van der Waals surface area contributed by atoms with Gasteiger partial charge in [0.2, 0.25) is 0 Å². The highest BCUT2D eigenvalue weighted by molar-refractivity contribution is 7.18. The summed E-state index contributed by atoms with van der Waals surface area (Å²) in [6.07, 6.45) is 0. The average molecular weight is 267 g/mol. The van der Waals surface area contributed by atoms with Crippen LogP contribution in [0.2, 0.25) is 0 Å². The Hall–Kier alpha value is -1.67. The average Bonchev–Trinajstić information content (AvgIpc) is 2.80. The number of fused-ring (bicyclic) bond motifs is 1. The fourth-order valence-corrected chi connectivity index (χ4v) is 3.52. The molecule has 0 N–H and O–H groups in total. The van der Waals surface area contributed by atoms with Gasteiger partial charge in [-0.15, -0.1) is 11.3 Å². The lowest BCUT2D eigenvalue weighted by molar-refractivity contribution is 0.906. The third-order valence-corrected chi connectivity index (χ3v) is 4.64. The van der Waals surface area contributed by atoms with Crippen LogP contribution < -0.4 is 0 Å². The molecule has 0 aliphatic rings. The summed E-state index contributed by atoms with van der Waals surface area (Å²) in [7, 11) is 0. The molecule has 0 spiro atoms. The summed E-state index contributed by atoms with van der Waals surface area (Å²) in [6.45, 7) is 6.55. The van der Waals surface area contributed by atoms with Gasteiger partial charge in [0.25, 0.3) is 0 Å². The van der Waals surface area contributed by atoms with Crippen LogP contribution in [0.3, 0.4) is 0 Å². The van der Waals surface area contributed by atoms with Crippen LogP contribution in [0.15, 0.2) is 42.5 Å². The van der Waals surface area contributed by atoms with Crippen LogP contribution in [0.1, 0.15) is 34.5 Å². The summed E-state index contributed by atoms with van der Waals surface area (Å²) >= 11 is 1.80. The molecule has 3 aromatic rings. The molecule has 1 heterocycles. The summed E-state index contributed by atoms with van der Waals surface area (Å²) in [5.74, 6) is 0.357. The minimum atomic E-state index is 0.357. The van der Waals surface area contributed by atoms with Gasteiger partial charge in [0.15, 0.2) is 0 Å². The first kappa shape index (κ1) is 12.4. The fourth-order valence-electron chi connectivity index (χ4n) is 2.48. The lowest BCUT2D eigenvalue weighted by Crippen LogP contribution is -1.96. The maximum Gasteiger partial charge on any atom is 0.101 e. The van der Waals surface area contributed by atoms with E-state index in [1.165, 1.54) is 26.4 Å². The van der Waals surface area contributed by atoms with Crippen LogP contribution in [0.25, 0.3) is 10.2 Å². The van der Waals surface area contributed by atoms with Crippen LogP contribution in [0.4, 0.5) is 0 Å². The van der Waals surface area contributed by atoms with Gasteiger partial charge in [-0.25, -0.2) is 4.98 Å². The zero-order valence-corrected chi connectivity index (χ0v) is 12.3. The Bertz CT molecular complexity index is 674. The zero-order valence-electron chi connectivity index (χ0n) is 11.5. The van der Waals surface area contributed by atoms with Gasteiger partial charge >= 0.3 is 0 Å². The number of hydrogen-bond acceptors (Lipinski definition) is 2. The lowest BCUT2D eigenvalue weighted by Gasteiger charge is -2.10. The van der Waals surface area contributed by atoms with Crippen molar-refractivity contribution in [1.82, 2.24) is 4.98 Å². The number of hydrogen-bond donors (Lipinski definition) is 0. The highest BCUT2D eigenvalue weighted by atomic mass is 32.1. The third kappa shape index (κ3) is 2.41. The summed E-state index contributed by atoms with van der Waals surface area (Å²) in [4.78, 5) is 4.77. The van der Waals surface area contributed by atoms with E-state index in [-0.39, 0.29) is 0 Å². The van der Waals surface area contributed by atoms with Crippen molar-refractivity contribution in [3.63, 3.8) is 0 Å². The fraction of sp³-hybridized carbons (Fsp3) is 0.235. The molecule has 0 aliphatic heterocycles. The molecule has 0 fully saturated rings. The van der Waals surface area contributed by atoms with E-state index in [0.717, 1.165) is 5.52 Å². The minimum absolute atomic E-state index is 0.357. The molecule has 0 aliphatic carbocycles. The van der Waals surface area contributed by atoms with Gasteiger partial charge < -0.3 is 0 Å². The SMILES string of the molecule is Cc1cc(C)cc(C(C)c2nc3ccccc3s2)c1. The van der Waals surface area contributed by atoms with Crippen LogP contribution in [0, 0.1) is 13.8 Å². The van der Waals surface area contributed by atoms with E-state index in [9.17, 15) is 0 Å². The number of aryl methyl sites for hydroxylation is 2. The molecule has 0 bridgehead atoms. The van der Waals surface area contributed by atoms with Crippen LogP contribution in [-0.4, -0.2) is 4.98 Å². The topological polar surface area (TPSA) is 12.9 Å². The van der Waals surface area contributed by atoms with Gasteiger partial charge in [-0.3, -0.25) is 0 Å². The van der Waals surface area contributed by atoms with E-state index >= 15 is 0 Å². The first-order valence-electron chi connectivity index (χ1n) is 6.57. The van der Waals surface area contributed by atoms with Crippen LogP contribution in [0.5, 0.6) is 0 Å². The third-order valence-electron chi connectivity index (χ3n) is 3.42. The molecular formula is C17H17NS. The van der Waals surface area contributed by atoms with Crippen LogP contribution >= 0.6 is 11.3 Å². The Morgan fingerprint density at radius 1 is 1.00 bits per heavy atom. The van der Waals surface area contributed by atoms with Crippen molar-refractivity contribution in [2.45, 2.75) is 26.7 Å². The Morgan fingerprint density at radius 3 is 2.37 bits per heavy atom. The molecule has 19 heavy (non-hydrogen) atoms. The van der Waals surface area contributed by atoms with Gasteiger partial charge in [0.05, 0.1) is 10.2 Å². The van der Waals surface area contributed by atoms with Gasteiger partial charge in [-0.05, 0) is 31.5 Å². The van der Waals surface area contributed by atoms with E-state index in [2.05, 4.69) is 57.2 Å². The predicted octanol–water partition coefficient (Wildman–Crippen LogP) is 5.06. The Kier molecular flexibility index (Phi) is 3.11. The first-order chi connectivity index (χ1) is 9.13. The molecule has 2 heteroatoms. The standard InChI is InChI=1S/C17H17NS/c1-11-8-12(2)10-14(9-11)13(3)17-18-15-6-4-5-7-16(15)19-17/h4-10,13H,1-3H3. The smallest absolute Gasteiger partial charge is 0.101 e. The quantitative estimate of drug-likeness (QED) is 0.632. The van der Waals surface area contributed by atoms with Crippen molar-refractivity contribution in [2.75, 3.05) is 0 Å². The first-order valence-corrected chi connectivity index (χ1v) is 7.39. The molecule has 96 valence electrons. The van der Waals surface area contributed by atoms with E-state index in [1.54, 1.807) is 11.3 Å². The number of thiazole rings is 1. The number of para-hydroxylation sites is 1. The number of nitrogens with zero attached hydrogens (tertiary/aromatic N) is 1. The second-order valence-electron chi connectivity index (χ2n) is 5.16. The van der Waals surface area contributed by atoms with Gasteiger partial charge in [-0.2, -0.15) is 0 Å². The zero-order chi connectivity index (χ0) is 13.4. The molecule has 1 unspecified atom stereocenters. The van der Waals surface area contributed by atoms with Gasteiger partial charge in [0, 0.05) is 5.92 Å². The number of rotatable bonds is 2. The normalized spacial score (nSPS) is 12.8. The summed E-state index contributed by atoms with van der Waals surface area (Å²) in [5, 5.41) is 1.20. The molecule has 1 aromatic heterocycles. The second kappa shape index (κ2) is 4.78. The predicted molar refractivity (Wildman–Crippen MR) is 83.1 cm³/mol. The Balaban J connectivity index is 2.05. The van der Waals surface area contributed by atoms with Gasteiger partial charge in [-0.1, -0.05) is 48.4 Å². The molecular weight excluding hydrogens is 250 g/mol. The van der Waals surface area contributed by atoms with Crippen molar-refractivity contribution in [3.8, 4) is 0 Å². The number of aromatic nitrogens is 1. The summed E-state index contributed by atoms with van der Waals surface area (Å²) in [6, 6.07) is 15.1. The molecule has 2 aromatic carbocycles. The second-order valence-corrected chi connectivity index (χ2v) is 6.22. The largest absolute Gasteiger partial charge is 0.241 e. The highest BCUT2D eigenvalue weighted by Crippen LogP contribution is 2.32. The highest BCUT2D eigenvalue weighted by Gasteiger charge is 2.14. The molecule has 0 saturated heterocycles. The Labute approximate surface area is 117 Å². The maximum absolute atomic E-state index is 4.77. The molecule has 0 saturated carbocycles. The van der Waals surface area contributed by atoms with Crippen LogP contribution in [-0.2, 0) is 0 Å². The molecule has 1 atom stereocenters. The van der Waals surface area contributed by atoms with Crippen molar-refractivity contribution in [2.24, 2.45) is 0 Å². The van der Waals surface area contributed by atoms with E-state index in [4.69, 9.17) is 4.98 Å². The molecule has 1 nitrogen and oxygen atoms in total. The summed E-state index contributed by atoms with van der Waals surface area (Å²) in [5.41, 5.74) is 5.11. The summed E-state index contributed by atoms with van der Waals surface area (Å²) < 4.78 is 1.27. The van der Waals surface area contributed by atoms with E-state index in [1.807, 2.05) is 6.07 Å². The maximum atomic E-state index is 4.77. The van der Waals surface area contributed by atoms with Gasteiger partial charge in [0.1, 0.15) is 5.01 Å². The van der Waals surface area contributed by atoms with E-state index < -0.39 is 0 Å². The van der Waals surface area contributed by atoms with Crippen molar-refractivity contribution in [3.05, 3.63) is 64.2 Å².